The molecule has 0 spiro atoms. The first-order valence-corrected chi connectivity index (χ1v) is 10.5. The van der Waals surface area contributed by atoms with E-state index in [-0.39, 0.29) is 18.0 Å². The van der Waals surface area contributed by atoms with Gasteiger partial charge in [0.05, 0.1) is 6.54 Å². The normalized spacial score (nSPS) is 11.8. The van der Waals surface area contributed by atoms with Crippen LogP contribution >= 0.6 is 0 Å². The molecule has 0 radical (unpaired) electrons. The van der Waals surface area contributed by atoms with E-state index < -0.39 is 35.1 Å². The Labute approximate surface area is 190 Å². The zero-order valence-electron chi connectivity index (χ0n) is 18.3. The topological polar surface area (TPSA) is 80.2 Å². The van der Waals surface area contributed by atoms with Gasteiger partial charge in [0.1, 0.15) is 23.2 Å². The van der Waals surface area contributed by atoms with Crippen LogP contribution in [0.4, 0.5) is 8.78 Å². The predicted molar refractivity (Wildman–Crippen MR) is 121 cm³/mol. The Kier molecular flexibility index (Phi) is 7.71. The van der Waals surface area contributed by atoms with E-state index in [1.54, 1.807) is 36.7 Å². The molecular formula is C25H25F2N3O3. The fourth-order valence-electron chi connectivity index (χ4n) is 3.31. The summed E-state index contributed by atoms with van der Waals surface area (Å²) in [7, 11) is 0. The number of hydrogen-bond acceptors (Lipinski definition) is 3. The van der Waals surface area contributed by atoms with E-state index in [9.17, 15) is 23.2 Å². The van der Waals surface area contributed by atoms with Crippen LogP contribution in [0.3, 0.4) is 0 Å². The van der Waals surface area contributed by atoms with Gasteiger partial charge in [0, 0.05) is 18.8 Å². The fraction of sp³-hybridized carbons (Fsp3) is 0.240. The Bertz CT molecular complexity index is 1170. The minimum absolute atomic E-state index is 0.0918. The van der Waals surface area contributed by atoms with Gasteiger partial charge in [0.2, 0.25) is 5.91 Å². The number of aromatic nitrogens is 1. The molecule has 1 aromatic heterocycles. The molecule has 172 valence electrons. The molecule has 2 aromatic carbocycles. The Morgan fingerprint density at radius 2 is 1.55 bits per heavy atom. The molecule has 0 unspecified atom stereocenters. The maximum absolute atomic E-state index is 13.9. The summed E-state index contributed by atoms with van der Waals surface area (Å²) < 4.78 is 29.4. The second-order valence-corrected chi connectivity index (χ2v) is 7.99. The number of carbonyl (C=O) groups excluding carboxylic acids is 2. The highest BCUT2D eigenvalue weighted by atomic mass is 19.1. The van der Waals surface area contributed by atoms with Gasteiger partial charge in [-0.15, -0.1) is 0 Å². The van der Waals surface area contributed by atoms with Gasteiger partial charge in [-0.3, -0.25) is 14.4 Å². The van der Waals surface area contributed by atoms with E-state index in [1.807, 2.05) is 24.3 Å². The molecule has 0 saturated carbocycles. The minimum Gasteiger partial charge on any atom is -0.350 e. The molecule has 0 saturated heterocycles. The summed E-state index contributed by atoms with van der Waals surface area (Å²) in [5.41, 5.74) is 0.939. The van der Waals surface area contributed by atoms with E-state index in [2.05, 4.69) is 10.6 Å². The summed E-state index contributed by atoms with van der Waals surface area (Å²) in [6, 6.07) is 14.5. The second-order valence-electron chi connectivity index (χ2n) is 7.99. The number of nitrogens with zero attached hydrogens (tertiary/aromatic N) is 1. The van der Waals surface area contributed by atoms with Crippen molar-refractivity contribution in [3.05, 3.63) is 106 Å². The molecule has 0 fully saturated rings. The summed E-state index contributed by atoms with van der Waals surface area (Å²) in [5.74, 6) is -3.74. The number of carbonyl (C=O) groups is 2. The molecule has 3 aromatic rings. The molecule has 0 aliphatic heterocycles. The zero-order valence-corrected chi connectivity index (χ0v) is 18.3. The van der Waals surface area contributed by atoms with Crippen molar-refractivity contribution in [2.24, 2.45) is 5.92 Å². The van der Waals surface area contributed by atoms with Crippen molar-refractivity contribution in [2.75, 3.05) is 0 Å². The summed E-state index contributed by atoms with van der Waals surface area (Å²) in [5, 5.41) is 5.18. The Hall–Kier alpha value is -3.81. The van der Waals surface area contributed by atoms with E-state index in [4.69, 9.17) is 0 Å². The van der Waals surface area contributed by atoms with Gasteiger partial charge in [-0.05, 0) is 35.2 Å². The summed E-state index contributed by atoms with van der Waals surface area (Å²) in [6.07, 6.45) is 1.71. The van der Waals surface area contributed by atoms with Crippen molar-refractivity contribution in [2.45, 2.75) is 33.0 Å². The molecule has 8 heteroatoms. The lowest BCUT2D eigenvalue weighted by atomic mass is 10.0. The van der Waals surface area contributed by atoms with Crippen LogP contribution in [0.2, 0.25) is 0 Å². The quantitative estimate of drug-likeness (QED) is 0.550. The zero-order chi connectivity index (χ0) is 24.0. The minimum atomic E-state index is -0.992. The van der Waals surface area contributed by atoms with Crippen molar-refractivity contribution >= 4 is 11.8 Å². The van der Waals surface area contributed by atoms with Crippen molar-refractivity contribution in [3.63, 3.8) is 0 Å². The highest BCUT2D eigenvalue weighted by Gasteiger charge is 2.27. The van der Waals surface area contributed by atoms with Gasteiger partial charge in [-0.2, -0.15) is 0 Å². The van der Waals surface area contributed by atoms with Crippen molar-refractivity contribution < 1.29 is 18.4 Å². The average molecular weight is 453 g/mol. The Balaban J connectivity index is 1.61. The van der Waals surface area contributed by atoms with Crippen LogP contribution in [-0.2, 0) is 17.9 Å². The molecule has 2 N–H and O–H groups in total. The van der Waals surface area contributed by atoms with E-state index in [0.717, 1.165) is 29.3 Å². The molecule has 0 aliphatic carbocycles. The van der Waals surface area contributed by atoms with Crippen LogP contribution in [0.15, 0.2) is 71.7 Å². The number of rotatable bonds is 8. The highest BCUT2D eigenvalue weighted by Crippen LogP contribution is 2.13. The van der Waals surface area contributed by atoms with Crippen LogP contribution in [0, 0.1) is 17.6 Å². The monoisotopic (exact) mass is 453 g/mol. The number of nitrogens with one attached hydrogen (secondary N) is 2. The molecule has 6 nitrogen and oxygen atoms in total. The lowest BCUT2D eigenvalue weighted by molar-refractivity contribution is -0.124. The van der Waals surface area contributed by atoms with Crippen LogP contribution in [0.5, 0.6) is 0 Å². The Morgan fingerprint density at radius 1 is 0.909 bits per heavy atom. The summed E-state index contributed by atoms with van der Waals surface area (Å²) in [4.78, 5) is 36.9. The number of amides is 2. The molecule has 2 amide bonds. The smallest absolute Gasteiger partial charge is 0.257 e. The lowest BCUT2D eigenvalue weighted by Gasteiger charge is -2.22. The van der Waals surface area contributed by atoms with E-state index in [1.165, 1.54) is 6.07 Å². The first kappa shape index (κ1) is 23.8. The standard InChI is InChI=1S/C25H25F2N3O3/c1-16(2)23(29-24(32)22-19(26)6-5-7-20(22)27)25(33)28-14-17-9-11-18(12-10-17)15-30-13-4-3-8-21(30)31/h3-13,16,23H,14-15H2,1-2H3,(H,28,33)(H,29,32)/t23-/m0/s1. The van der Waals surface area contributed by atoms with Crippen LogP contribution in [0.1, 0.15) is 35.3 Å². The lowest BCUT2D eigenvalue weighted by Crippen LogP contribution is -2.49. The predicted octanol–water partition coefficient (Wildman–Crippen LogP) is 3.25. The highest BCUT2D eigenvalue weighted by molar-refractivity contribution is 5.98. The van der Waals surface area contributed by atoms with Gasteiger partial charge in [-0.25, -0.2) is 8.78 Å². The summed E-state index contributed by atoms with van der Waals surface area (Å²) >= 11 is 0. The van der Waals surface area contributed by atoms with E-state index >= 15 is 0 Å². The Morgan fingerprint density at radius 3 is 2.15 bits per heavy atom. The number of halogens is 2. The molecule has 33 heavy (non-hydrogen) atoms. The fourth-order valence-corrected chi connectivity index (χ4v) is 3.31. The third kappa shape index (κ3) is 6.12. The first-order valence-electron chi connectivity index (χ1n) is 10.5. The molecule has 1 heterocycles. The van der Waals surface area contributed by atoms with Crippen molar-refractivity contribution in [1.82, 2.24) is 15.2 Å². The molecule has 1 atom stereocenters. The number of hydrogen-bond donors (Lipinski definition) is 2. The van der Waals surface area contributed by atoms with E-state index in [0.29, 0.717) is 6.54 Å². The van der Waals surface area contributed by atoms with Gasteiger partial charge < -0.3 is 15.2 Å². The van der Waals surface area contributed by atoms with Crippen LogP contribution in [-0.4, -0.2) is 22.4 Å². The van der Waals surface area contributed by atoms with Crippen LogP contribution in [0.25, 0.3) is 0 Å². The van der Waals surface area contributed by atoms with Crippen molar-refractivity contribution in [3.8, 4) is 0 Å². The third-order valence-corrected chi connectivity index (χ3v) is 5.17. The van der Waals surface area contributed by atoms with Gasteiger partial charge in [-0.1, -0.05) is 50.2 Å². The SMILES string of the molecule is CC(C)[C@H](NC(=O)c1c(F)cccc1F)C(=O)NCc1ccc(Cn2ccccc2=O)cc1. The molecule has 3 rings (SSSR count). The average Bonchev–Trinajstić information content (AvgIpc) is 2.78. The third-order valence-electron chi connectivity index (χ3n) is 5.17. The maximum atomic E-state index is 13.9. The van der Waals surface area contributed by atoms with Gasteiger partial charge in [0.25, 0.3) is 11.5 Å². The molecule has 0 bridgehead atoms. The van der Waals surface area contributed by atoms with Crippen LogP contribution < -0.4 is 16.2 Å². The van der Waals surface area contributed by atoms with Crippen molar-refractivity contribution in [1.29, 1.82) is 0 Å². The molecular weight excluding hydrogens is 428 g/mol. The first-order chi connectivity index (χ1) is 15.8. The largest absolute Gasteiger partial charge is 0.350 e. The molecule has 0 aliphatic rings. The van der Waals surface area contributed by atoms with Gasteiger partial charge in [0.15, 0.2) is 0 Å². The summed E-state index contributed by atoms with van der Waals surface area (Å²) in [6.45, 7) is 4.09. The van der Waals surface area contributed by atoms with Gasteiger partial charge >= 0.3 is 0 Å². The maximum Gasteiger partial charge on any atom is 0.257 e. The second kappa shape index (κ2) is 10.7. The number of benzene rings is 2. The number of pyridine rings is 1.